The van der Waals surface area contributed by atoms with Gasteiger partial charge in [0.25, 0.3) is 0 Å². The summed E-state index contributed by atoms with van der Waals surface area (Å²) >= 11 is -3.13. The first-order chi connectivity index (χ1) is 11.6. The number of aldehydes is 1. The third-order valence-electron chi connectivity index (χ3n) is 6.97. The van der Waals surface area contributed by atoms with Gasteiger partial charge in [-0.25, -0.2) is 0 Å². The zero-order valence-electron chi connectivity index (χ0n) is 13.6. The number of hydrogen-bond donors (Lipinski definition) is 0. The van der Waals surface area contributed by atoms with Crippen molar-refractivity contribution in [1.29, 1.82) is 0 Å². The maximum absolute atomic E-state index is 13.8. The fourth-order valence-electron chi connectivity index (χ4n) is 6.48. The van der Waals surface area contributed by atoms with Crippen molar-refractivity contribution in [3.05, 3.63) is 32.9 Å². The molecule has 1 aromatic carbocycles. The molecule has 0 atom stereocenters. The second-order valence-corrected chi connectivity index (χ2v) is 16.2. The van der Waals surface area contributed by atoms with Crippen molar-refractivity contribution in [3.63, 3.8) is 0 Å². The first-order valence-electron chi connectivity index (χ1n) is 9.08. The molecule has 122 valence electrons. The molecule has 2 nitrogen and oxygen atoms in total. The van der Waals surface area contributed by atoms with Gasteiger partial charge in [-0.2, -0.15) is 0 Å². The topological polar surface area (TPSA) is 34.1 Å². The molecule has 4 saturated carbocycles. The van der Waals surface area contributed by atoms with Crippen molar-refractivity contribution in [2.75, 3.05) is 0 Å². The minimum atomic E-state index is -3.13. The number of carbonyl (C=O) groups is 2. The van der Waals surface area contributed by atoms with E-state index in [1.807, 2.05) is 6.08 Å². The van der Waals surface area contributed by atoms with Crippen LogP contribution in [-0.4, -0.2) is 31.3 Å². The van der Waals surface area contributed by atoms with Gasteiger partial charge in [0.1, 0.15) is 0 Å². The van der Waals surface area contributed by atoms with Gasteiger partial charge < -0.3 is 0 Å². The van der Waals surface area contributed by atoms with Gasteiger partial charge in [-0.05, 0) is 0 Å². The molecule has 1 heterocycles. The number of fused-ring (bicyclic) bond motifs is 1. The quantitative estimate of drug-likeness (QED) is 0.697. The Morgan fingerprint density at radius 3 is 2.33 bits per heavy atom. The first kappa shape index (κ1) is 15.4. The fourth-order valence-corrected chi connectivity index (χ4v) is 15.7. The minimum absolute atomic E-state index is 0.175. The van der Waals surface area contributed by atoms with Crippen molar-refractivity contribution >= 4 is 40.7 Å². The standard InChI is InChI=1S/C11H15O.C9H5FO.In/c12-7-11-4-8-1-9(5-11)3-10(2-8)6-11;10-9-5-3-8(4-6-9)2-1-7-11;/h8-10H,1-6H2;2-3,5-7H;. The molecular weight excluding hydrogens is 406 g/mol. The third kappa shape index (κ3) is 2.14. The van der Waals surface area contributed by atoms with E-state index in [4.69, 9.17) is 0 Å². The summed E-state index contributed by atoms with van der Waals surface area (Å²) < 4.78 is 15.8. The summed E-state index contributed by atoms with van der Waals surface area (Å²) in [6, 6.07) is 4.71. The average Bonchev–Trinajstić information content (AvgIpc) is 2.90. The van der Waals surface area contributed by atoms with Gasteiger partial charge in [-0.1, -0.05) is 0 Å². The predicted octanol–water partition coefficient (Wildman–Crippen LogP) is 2.99. The van der Waals surface area contributed by atoms with E-state index in [0.717, 1.165) is 37.8 Å². The monoisotopic (exact) mass is 426 g/mol. The summed E-state index contributed by atoms with van der Waals surface area (Å²) in [4.78, 5) is 25.4. The van der Waals surface area contributed by atoms with Crippen LogP contribution in [0.3, 0.4) is 0 Å². The van der Waals surface area contributed by atoms with Gasteiger partial charge in [0, 0.05) is 0 Å². The van der Waals surface area contributed by atoms with Gasteiger partial charge in [-0.3, -0.25) is 0 Å². The van der Waals surface area contributed by atoms with Crippen LogP contribution >= 0.6 is 0 Å². The van der Waals surface area contributed by atoms with Gasteiger partial charge >= 0.3 is 149 Å². The Labute approximate surface area is 149 Å². The fraction of sp³-hybridized carbons (Fsp3) is 0.500. The Hall–Kier alpha value is -0.900. The molecule has 4 aliphatic carbocycles. The predicted molar refractivity (Wildman–Crippen MR) is 91.4 cm³/mol. The number of rotatable bonds is 3. The maximum atomic E-state index is 13.8. The van der Waals surface area contributed by atoms with Crippen LogP contribution in [0.2, 0.25) is 0 Å². The third-order valence-corrected chi connectivity index (χ3v) is 16.2. The number of halogens is 1. The van der Waals surface area contributed by atoms with Crippen LogP contribution in [-0.2, 0) is 9.59 Å². The van der Waals surface area contributed by atoms with Crippen molar-refractivity contribution in [2.24, 2.45) is 23.2 Å². The average molecular weight is 426 g/mol. The molecular formula is C20H20FInO2. The van der Waals surface area contributed by atoms with E-state index in [0.29, 0.717) is 21.3 Å². The second-order valence-electron chi connectivity index (χ2n) is 8.53. The molecule has 4 bridgehead atoms. The number of benzene rings is 1. The zero-order valence-corrected chi connectivity index (χ0v) is 16.9. The molecule has 6 rings (SSSR count). The Bertz CT molecular complexity index is 747. The Balaban J connectivity index is 1.56. The molecule has 0 unspecified atom stereocenters. The van der Waals surface area contributed by atoms with Crippen LogP contribution in [0.4, 0.5) is 4.39 Å². The summed E-state index contributed by atoms with van der Waals surface area (Å²) in [7, 11) is 0. The van der Waals surface area contributed by atoms with Crippen LogP contribution in [0.1, 0.15) is 44.1 Å². The zero-order chi connectivity index (χ0) is 16.5. The van der Waals surface area contributed by atoms with E-state index in [1.165, 1.54) is 25.3 Å². The van der Waals surface area contributed by atoms with Crippen LogP contribution in [0.25, 0.3) is 6.08 Å². The molecule has 0 N–H and O–H groups in total. The van der Waals surface area contributed by atoms with Gasteiger partial charge in [0.05, 0.1) is 0 Å². The van der Waals surface area contributed by atoms with Crippen LogP contribution in [0, 0.1) is 29.0 Å². The summed E-state index contributed by atoms with van der Waals surface area (Å²) in [6.45, 7) is 0. The van der Waals surface area contributed by atoms with E-state index in [-0.39, 0.29) is 11.2 Å². The van der Waals surface area contributed by atoms with E-state index in [2.05, 4.69) is 0 Å². The molecule has 24 heavy (non-hydrogen) atoms. The number of allylic oxidation sites excluding steroid dienone is 1. The summed E-state index contributed by atoms with van der Waals surface area (Å²) in [5.41, 5.74) is 0.739. The molecule has 0 aromatic heterocycles. The first-order valence-corrected chi connectivity index (χ1v) is 14.0. The van der Waals surface area contributed by atoms with Crippen molar-refractivity contribution in [3.8, 4) is 0 Å². The molecule has 5 aliphatic rings. The van der Waals surface area contributed by atoms with Gasteiger partial charge in [0.15, 0.2) is 0 Å². The van der Waals surface area contributed by atoms with Gasteiger partial charge in [-0.15, -0.1) is 0 Å². The second kappa shape index (κ2) is 5.30. The Kier molecular flexibility index (Phi) is 3.39. The van der Waals surface area contributed by atoms with E-state index in [1.54, 1.807) is 12.1 Å². The molecule has 0 spiro atoms. The van der Waals surface area contributed by atoms with E-state index in [9.17, 15) is 14.0 Å². The Morgan fingerprint density at radius 1 is 1.12 bits per heavy atom. The van der Waals surface area contributed by atoms with Crippen LogP contribution in [0.5, 0.6) is 0 Å². The van der Waals surface area contributed by atoms with Gasteiger partial charge in [0.2, 0.25) is 0 Å². The molecule has 1 aliphatic heterocycles. The molecule has 0 radical (unpaired) electrons. The molecule has 4 fully saturated rings. The van der Waals surface area contributed by atoms with Crippen molar-refractivity contribution in [2.45, 2.75) is 38.5 Å². The van der Waals surface area contributed by atoms with E-state index < -0.39 is 21.4 Å². The summed E-state index contributed by atoms with van der Waals surface area (Å²) in [6.07, 6.45) is 9.74. The summed E-state index contributed by atoms with van der Waals surface area (Å²) in [5.74, 6) is 1.85. The van der Waals surface area contributed by atoms with Crippen LogP contribution < -0.4 is 3.32 Å². The van der Waals surface area contributed by atoms with Crippen molar-refractivity contribution < 1.29 is 14.0 Å². The molecule has 4 heteroatoms. The van der Waals surface area contributed by atoms with Crippen LogP contribution in [0.15, 0.2) is 21.5 Å². The Morgan fingerprint density at radius 2 is 1.75 bits per heavy atom. The van der Waals surface area contributed by atoms with E-state index >= 15 is 0 Å². The molecule has 0 saturated heterocycles. The SMILES string of the molecule is O=C[C]1=Cc2ccc(F)c[c]2[In]1[C](=O)C12CC3CC(CC(C3)C1)C2. The molecule has 0 amide bonds. The molecule has 1 aromatic rings. The summed E-state index contributed by atoms with van der Waals surface area (Å²) in [5, 5.41) is 0. The normalized spacial score (nSPS) is 35.8. The van der Waals surface area contributed by atoms with Crippen molar-refractivity contribution in [1.82, 2.24) is 0 Å². The number of carbonyl (C=O) groups excluding carboxylic acids is 2. The number of hydrogen-bond acceptors (Lipinski definition) is 2.